The summed E-state index contributed by atoms with van der Waals surface area (Å²) in [7, 11) is 0. The van der Waals surface area contributed by atoms with Crippen LogP contribution in [0.4, 0.5) is 0 Å². The van der Waals surface area contributed by atoms with Gasteiger partial charge in [-0.15, -0.1) is 0 Å². The highest BCUT2D eigenvalue weighted by Gasteiger charge is 2.38. The molecule has 5 heteroatoms. The van der Waals surface area contributed by atoms with Crippen molar-refractivity contribution in [1.82, 2.24) is 14.8 Å². The van der Waals surface area contributed by atoms with Crippen LogP contribution in [0.1, 0.15) is 38.3 Å². The molecule has 4 rings (SSSR count). The second-order valence-corrected chi connectivity index (χ2v) is 7.11. The van der Waals surface area contributed by atoms with E-state index in [1.165, 1.54) is 6.42 Å². The van der Waals surface area contributed by atoms with E-state index in [1.807, 2.05) is 30.3 Å². The lowest BCUT2D eigenvalue weighted by atomic mass is 10.0. The molecule has 0 saturated carbocycles. The molecule has 0 bridgehead atoms. The van der Waals surface area contributed by atoms with Gasteiger partial charge in [0.2, 0.25) is 11.8 Å². The molecule has 2 fully saturated rings. The molecular weight excluding hydrogens is 314 g/mol. The number of oxazole rings is 1. The lowest BCUT2D eigenvalue weighted by Crippen LogP contribution is -2.47. The molecule has 1 aromatic heterocycles. The molecule has 1 aromatic carbocycles. The molecule has 132 valence electrons. The van der Waals surface area contributed by atoms with Gasteiger partial charge in [-0.25, -0.2) is 4.98 Å². The second kappa shape index (κ2) is 7.00. The minimum Gasteiger partial charge on any atom is -0.444 e. The van der Waals surface area contributed by atoms with Gasteiger partial charge in [-0.1, -0.05) is 18.2 Å². The van der Waals surface area contributed by atoms with Crippen LogP contribution in [0.2, 0.25) is 0 Å². The third-order valence-corrected chi connectivity index (χ3v) is 5.50. The Morgan fingerprint density at radius 2 is 1.92 bits per heavy atom. The highest BCUT2D eigenvalue weighted by atomic mass is 16.3. The van der Waals surface area contributed by atoms with Gasteiger partial charge < -0.3 is 9.32 Å². The van der Waals surface area contributed by atoms with Gasteiger partial charge in [0.1, 0.15) is 6.26 Å². The Labute approximate surface area is 148 Å². The maximum Gasteiger partial charge on any atom is 0.226 e. The van der Waals surface area contributed by atoms with Gasteiger partial charge in [-0.05, 0) is 44.4 Å². The van der Waals surface area contributed by atoms with Crippen molar-refractivity contribution in [1.29, 1.82) is 0 Å². The normalized spacial score (nSPS) is 24.1. The van der Waals surface area contributed by atoms with Crippen LogP contribution in [-0.4, -0.2) is 45.9 Å². The van der Waals surface area contributed by atoms with E-state index in [2.05, 4.69) is 14.8 Å². The standard InChI is InChI=1S/C20H25N3O2/c1-15(24)23-12-6-10-19(23)18-9-5-11-22(18)13-17-14-25-20(21-17)16-7-3-2-4-8-16/h2-4,7-8,14,18-19H,5-6,9-13H2,1H3/t18-,19+/m1/s1. The Kier molecular flexibility index (Phi) is 4.57. The van der Waals surface area contributed by atoms with E-state index in [1.54, 1.807) is 13.2 Å². The topological polar surface area (TPSA) is 49.6 Å². The SMILES string of the molecule is CC(=O)N1CCC[C@H]1[C@H]1CCCN1Cc1coc(-c2ccccc2)n1. The molecule has 5 nitrogen and oxygen atoms in total. The first-order valence-corrected chi connectivity index (χ1v) is 9.23. The van der Waals surface area contributed by atoms with Crippen LogP contribution in [0.5, 0.6) is 0 Å². The Morgan fingerprint density at radius 3 is 2.72 bits per heavy atom. The number of rotatable bonds is 4. The number of carbonyl (C=O) groups excluding carboxylic acids is 1. The van der Waals surface area contributed by atoms with E-state index < -0.39 is 0 Å². The first-order valence-electron chi connectivity index (χ1n) is 9.23. The van der Waals surface area contributed by atoms with Crippen molar-refractivity contribution in [3.63, 3.8) is 0 Å². The number of carbonyl (C=O) groups is 1. The van der Waals surface area contributed by atoms with Crippen molar-refractivity contribution < 1.29 is 9.21 Å². The molecule has 0 unspecified atom stereocenters. The van der Waals surface area contributed by atoms with Gasteiger partial charge in [0.15, 0.2) is 0 Å². The molecule has 3 heterocycles. The third-order valence-electron chi connectivity index (χ3n) is 5.50. The number of likely N-dealkylation sites (tertiary alicyclic amines) is 2. The molecule has 0 aliphatic carbocycles. The lowest BCUT2D eigenvalue weighted by molar-refractivity contribution is -0.130. The summed E-state index contributed by atoms with van der Waals surface area (Å²) >= 11 is 0. The van der Waals surface area contributed by atoms with Crippen molar-refractivity contribution in [3.05, 3.63) is 42.3 Å². The Balaban J connectivity index is 1.47. The van der Waals surface area contributed by atoms with E-state index in [9.17, 15) is 4.79 Å². The van der Waals surface area contributed by atoms with Crippen LogP contribution in [0, 0.1) is 0 Å². The van der Waals surface area contributed by atoms with Crippen LogP contribution in [0.25, 0.3) is 11.5 Å². The predicted molar refractivity (Wildman–Crippen MR) is 95.8 cm³/mol. The summed E-state index contributed by atoms with van der Waals surface area (Å²) in [6.07, 6.45) is 6.37. The molecule has 2 atom stereocenters. The van der Waals surface area contributed by atoms with Crippen molar-refractivity contribution in [3.8, 4) is 11.5 Å². The average Bonchev–Trinajstić information content (AvgIpc) is 3.36. The van der Waals surface area contributed by atoms with Crippen LogP contribution in [0.15, 0.2) is 41.0 Å². The minimum absolute atomic E-state index is 0.210. The molecule has 2 aliphatic heterocycles. The second-order valence-electron chi connectivity index (χ2n) is 7.11. The van der Waals surface area contributed by atoms with Gasteiger partial charge in [0.25, 0.3) is 0 Å². The number of hydrogen-bond donors (Lipinski definition) is 0. The van der Waals surface area contributed by atoms with E-state index in [-0.39, 0.29) is 5.91 Å². The summed E-state index contributed by atoms with van der Waals surface area (Å²) in [6, 6.07) is 10.8. The summed E-state index contributed by atoms with van der Waals surface area (Å²) in [5.41, 5.74) is 1.98. The Hall–Kier alpha value is -2.14. The molecule has 0 radical (unpaired) electrons. The number of benzene rings is 1. The fraction of sp³-hybridized carbons (Fsp3) is 0.500. The molecule has 25 heavy (non-hydrogen) atoms. The maximum atomic E-state index is 11.9. The number of amides is 1. The van der Waals surface area contributed by atoms with E-state index in [4.69, 9.17) is 4.42 Å². The lowest BCUT2D eigenvalue weighted by Gasteiger charge is -2.34. The third kappa shape index (κ3) is 3.33. The maximum absolute atomic E-state index is 11.9. The fourth-order valence-electron chi connectivity index (χ4n) is 4.37. The van der Waals surface area contributed by atoms with Crippen molar-refractivity contribution >= 4 is 5.91 Å². The van der Waals surface area contributed by atoms with E-state index >= 15 is 0 Å². The average molecular weight is 339 g/mol. The molecule has 0 N–H and O–H groups in total. The highest BCUT2D eigenvalue weighted by molar-refractivity contribution is 5.74. The van der Waals surface area contributed by atoms with Crippen LogP contribution >= 0.6 is 0 Å². The number of nitrogens with zero attached hydrogens (tertiary/aromatic N) is 3. The highest BCUT2D eigenvalue weighted by Crippen LogP contribution is 2.31. The van der Waals surface area contributed by atoms with Gasteiger partial charge in [0.05, 0.1) is 5.69 Å². The van der Waals surface area contributed by atoms with Crippen LogP contribution < -0.4 is 0 Å². The van der Waals surface area contributed by atoms with E-state index in [0.717, 1.165) is 50.2 Å². The summed E-state index contributed by atoms with van der Waals surface area (Å²) in [5.74, 6) is 0.889. The zero-order valence-electron chi connectivity index (χ0n) is 14.7. The molecule has 2 aliphatic rings. The van der Waals surface area contributed by atoms with Gasteiger partial charge in [0, 0.05) is 37.7 Å². The molecule has 1 amide bonds. The van der Waals surface area contributed by atoms with Crippen molar-refractivity contribution in [2.45, 2.75) is 51.2 Å². The minimum atomic E-state index is 0.210. The van der Waals surface area contributed by atoms with Crippen molar-refractivity contribution in [2.24, 2.45) is 0 Å². The zero-order valence-corrected chi connectivity index (χ0v) is 14.7. The van der Waals surface area contributed by atoms with Gasteiger partial charge in [-0.2, -0.15) is 0 Å². The van der Waals surface area contributed by atoms with Crippen LogP contribution in [-0.2, 0) is 11.3 Å². The summed E-state index contributed by atoms with van der Waals surface area (Å²) in [6.45, 7) is 4.47. The van der Waals surface area contributed by atoms with Gasteiger partial charge in [-0.3, -0.25) is 9.69 Å². The first-order chi connectivity index (χ1) is 12.2. The zero-order chi connectivity index (χ0) is 17.2. The van der Waals surface area contributed by atoms with Gasteiger partial charge >= 0.3 is 0 Å². The summed E-state index contributed by atoms with van der Waals surface area (Å²) < 4.78 is 5.68. The molecule has 0 spiro atoms. The summed E-state index contributed by atoms with van der Waals surface area (Å²) in [4.78, 5) is 21.1. The quantitative estimate of drug-likeness (QED) is 0.857. The number of aromatic nitrogens is 1. The van der Waals surface area contributed by atoms with Crippen molar-refractivity contribution in [2.75, 3.05) is 13.1 Å². The van der Waals surface area contributed by atoms with E-state index in [0.29, 0.717) is 18.0 Å². The summed E-state index contributed by atoms with van der Waals surface area (Å²) in [5, 5.41) is 0. The molecule has 2 saturated heterocycles. The molecule has 2 aromatic rings. The first kappa shape index (κ1) is 16.3. The monoisotopic (exact) mass is 339 g/mol. The molecular formula is C20H25N3O2. The largest absolute Gasteiger partial charge is 0.444 e. The Morgan fingerprint density at radius 1 is 1.16 bits per heavy atom. The predicted octanol–water partition coefficient (Wildman–Crippen LogP) is 3.32. The number of hydrogen-bond acceptors (Lipinski definition) is 4. The Bertz CT molecular complexity index is 728. The fourth-order valence-corrected chi connectivity index (χ4v) is 4.37. The van der Waals surface area contributed by atoms with Crippen LogP contribution in [0.3, 0.4) is 0 Å². The smallest absolute Gasteiger partial charge is 0.226 e.